The fourth-order valence-corrected chi connectivity index (χ4v) is 6.00. The molecule has 0 unspecified atom stereocenters. The Kier molecular flexibility index (Phi) is 15.0. The fraction of sp³-hybridized carbons (Fsp3) is 0.167. The van der Waals surface area contributed by atoms with E-state index in [4.69, 9.17) is 16.2 Å². The van der Waals surface area contributed by atoms with Gasteiger partial charge in [-0.25, -0.2) is 0 Å². The first-order chi connectivity index (χ1) is 21.8. The van der Waals surface area contributed by atoms with E-state index in [2.05, 4.69) is 35.8 Å². The van der Waals surface area contributed by atoms with Crippen LogP contribution in [0.4, 0.5) is 34.6 Å². The fourth-order valence-electron chi connectivity index (χ4n) is 4.05. The summed E-state index contributed by atoms with van der Waals surface area (Å²) in [5, 5.41) is 23.3. The zero-order valence-corrected chi connectivity index (χ0v) is 34.2. The number of nitrogens with zero attached hydrogens (tertiary/aromatic N) is 6. The maximum atomic E-state index is 13.0. The summed E-state index contributed by atoms with van der Waals surface area (Å²) in [5.74, 6) is -2.09. The third-order valence-electron chi connectivity index (χ3n) is 6.19. The number of hydrogen-bond acceptors (Lipinski definition) is 15. The average Bonchev–Trinajstić information content (AvgIpc) is 2.94. The number of halogens is 1. The van der Waals surface area contributed by atoms with Crippen molar-refractivity contribution in [1.82, 2.24) is 19.5 Å². The molecule has 19 nitrogen and oxygen atoms in total. The Morgan fingerprint density at radius 1 is 0.857 bits per heavy atom. The van der Waals surface area contributed by atoms with Crippen LogP contribution in [0, 0.1) is 6.92 Å². The average molecular weight is 793 g/mol. The molecule has 2 heterocycles. The molecule has 2 aromatic carbocycles. The molecule has 252 valence electrons. The van der Waals surface area contributed by atoms with Crippen molar-refractivity contribution in [2.24, 2.45) is 10.2 Å². The standard InChI is InChI=1S/C24H23ClN8O11S3.K.Na/c1-3-33-20(34)16(11-45(36,37)38)12(2)19(21(33)35)32-31-17-10-14(6-9-18(17)47(42,43)44)27-24-29-22(25)28-23(30-24)26-13-4-7-15(8-5-13)46(39,40)41;;/h4-10,34H,3,11H2,1-2H3,(H,36,37,38)(H,39,40,41)(H,42,43,44)(H2,26,27,28,29,30);;. The van der Waals surface area contributed by atoms with E-state index in [1.807, 2.05) is 0 Å². The Balaban J connectivity index is 0.00000417. The van der Waals surface area contributed by atoms with Crippen LogP contribution < -0.4 is 16.2 Å². The van der Waals surface area contributed by atoms with Crippen LogP contribution in [0.5, 0.6) is 5.88 Å². The Morgan fingerprint density at radius 2 is 1.41 bits per heavy atom. The minimum atomic E-state index is -4.90. The molecular formula is C24H23ClKN8NaO11S3. The van der Waals surface area contributed by atoms with Gasteiger partial charge in [-0.3, -0.25) is 23.0 Å². The molecule has 2 radical (unpaired) electrons. The molecule has 25 heteroatoms. The van der Waals surface area contributed by atoms with Crippen LogP contribution in [0.25, 0.3) is 0 Å². The molecule has 0 amide bonds. The minimum absolute atomic E-state index is 0. The van der Waals surface area contributed by atoms with Gasteiger partial charge in [0.15, 0.2) is 11.6 Å². The van der Waals surface area contributed by atoms with Crippen molar-refractivity contribution in [3.05, 3.63) is 69.2 Å². The van der Waals surface area contributed by atoms with E-state index in [1.165, 1.54) is 32.0 Å². The zero-order valence-electron chi connectivity index (χ0n) is 25.9. The molecule has 4 aromatic rings. The van der Waals surface area contributed by atoms with Crippen LogP contribution in [-0.2, 0) is 42.7 Å². The number of rotatable bonds is 11. The van der Waals surface area contributed by atoms with E-state index < -0.39 is 63.8 Å². The van der Waals surface area contributed by atoms with Gasteiger partial charge < -0.3 is 15.7 Å². The second-order valence-electron chi connectivity index (χ2n) is 9.41. The van der Waals surface area contributed by atoms with Crippen molar-refractivity contribution in [2.45, 2.75) is 35.9 Å². The van der Waals surface area contributed by atoms with Gasteiger partial charge in [0, 0.05) is 104 Å². The van der Waals surface area contributed by atoms with Crippen molar-refractivity contribution in [3.63, 3.8) is 0 Å². The van der Waals surface area contributed by atoms with E-state index in [1.54, 1.807) is 0 Å². The quantitative estimate of drug-likeness (QED) is 0.0723. The van der Waals surface area contributed by atoms with Crippen LogP contribution in [0.15, 0.2) is 67.3 Å². The first kappa shape index (κ1) is 43.2. The van der Waals surface area contributed by atoms with Crippen LogP contribution in [0.1, 0.15) is 18.1 Å². The van der Waals surface area contributed by atoms with Crippen molar-refractivity contribution in [3.8, 4) is 5.88 Å². The molecule has 0 aliphatic rings. The molecule has 0 atom stereocenters. The van der Waals surface area contributed by atoms with E-state index in [0.717, 1.165) is 28.8 Å². The van der Waals surface area contributed by atoms with Gasteiger partial charge in [-0.2, -0.15) is 40.2 Å². The maximum Gasteiger partial charge on any atom is 0.296 e. The number of nitrogens with one attached hydrogen (secondary N) is 2. The van der Waals surface area contributed by atoms with Gasteiger partial charge in [0.25, 0.3) is 35.9 Å². The maximum absolute atomic E-state index is 13.0. The number of benzene rings is 2. The summed E-state index contributed by atoms with van der Waals surface area (Å²) in [7, 11) is -14.0. The molecule has 0 fully saturated rings. The summed E-state index contributed by atoms with van der Waals surface area (Å²) in [6.07, 6.45) is 0. The van der Waals surface area contributed by atoms with Crippen molar-refractivity contribution in [2.75, 3.05) is 10.6 Å². The zero-order chi connectivity index (χ0) is 34.9. The summed E-state index contributed by atoms with van der Waals surface area (Å²) in [6.45, 7) is 2.56. The number of aromatic nitrogens is 4. The molecule has 4 rings (SSSR count). The number of azo groups is 1. The SMILES string of the molecule is CCn1c(O)c(CS(=O)(=O)O)c(C)c(N=Nc2cc(Nc3nc(Cl)nc(Nc4ccc(S(=O)(=O)O)cc4)n3)ccc2S(=O)(=O)O)c1=O.[K].[Na]. The van der Waals surface area contributed by atoms with Gasteiger partial charge in [-0.15, -0.1) is 10.2 Å². The van der Waals surface area contributed by atoms with Gasteiger partial charge >= 0.3 is 0 Å². The normalized spacial score (nSPS) is 11.9. The van der Waals surface area contributed by atoms with Gasteiger partial charge in [0.2, 0.25) is 17.2 Å². The molecule has 0 bridgehead atoms. The molecule has 0 saturated heterocycles. The summed E-state index contributed by atoms with van der Waals surface area (Å²) in [6, 6.07) is 8.10. The molecule has 0 aliphatic carbocycles. The van der Waals surface area contributed by atoms with Gasteiger partial charge in [0.05, 0.1) is 4.90 Å². The molecular weight excluding hydrogens is 770 g/mol. The summed E-state index contributed by atoms with van der Waals surface area (Å²) in [4.78, 5) is 23.9. The molecule has 49 heavy (non-hydrogen) atoms. The van der Waals surface area contributed by atoms with Crippen molar-refractivity contribution in [1.29, 1.82) is 0 Å². The molecule has 2 aromatic heterocycles. The minimum Gasteiger partial charge on any atom is -0.494 e. The first-order valence-electron chi connectivity index (χ1n) is 12.7. The Hall–Kier alpha value is -1.94. The molecule has 6 N–H and O–H groups in total. The van der Waals surface area contributed by atoms with Crippen LogP contribution in [0.3, 0.4) is 0 Å². The predicted molar refractivity (Wildman–Crippen MR) is 178 cm³/mol. The van der Waals surface area contributed by atoms with E-state index in [0.29, 0.717) is 5.69 Å². The number of pyridine rings is 1. The third-order valence-corrected chi connectivity index (χ3v) is 8.78. The van der Waals surface area contributed by atoms with Crippen LogP contribution in [0.2, 0.25) is 5.28 Å². The van der Waals surface area contributed by atoms with E-state index >= 15 is 0 Å². The Bertz CT molecular complexity index is 2310. The van der Waals surface area contributed by atoms with Gasteiger partial charge in [0.1, 0.15) is 16.3 Å². The second-order valence-corrected chi connectivity index (χ2v) is 14.0. The Labute approximate surface area is 348 Å². The summed E-state index contributed by atoms with van der Waals surface area (Å²) < 4.78 is 98.8. The summed E-state index contributed by atoms with van der Waals surface area (Å²) in [5.41, 5.74) is -2.06. The Morgan fingerprint density at radius 3 is 1.92 bits per heavy atom. The van der Waals surface area contributed by atoms with E-state index in [9.17, 15) is 44.3 Å². The van der Waals surface area contributed by atoms with Crippen molar-refractivity contribution < 1.29 is 44.0 Å². The van der Waals surface area contributed by atoms with E-state index in [-0.39, 0.29) is 126 Å². The topological polar surface area (TPSA) is 293 Å². The number of hydrogen-bond donors (Lipinski definition) is 6. The number of aromatic hydroxyl groups is 1. The second kappa shape index (κ2) is 17.0. The van der Waals surface area contributed by atoms with Crippen molar-refractivity contribution >= 4 is 158 Å². The molecule has 0 spiro atoms. The third kappa shape index (κ3) is 11.3. The van der Waals surface area contributed by atoms with Gasteiger partial charge in [-0.1, -0.05) is 0 Å². The largest absolute Gasteiger partial charge is 0.494 e. The van der Waals surface area contributed by atoms with Gasteiger partial charge in [-0.05, 0) is 73.5 Å². The van der Waals surface area contributed by atoms with Crippen LogP contribution in [-0.4, -0.2) is 144 Å². The molecule has 0 aliphatic heterocycles. The van der Waals surface area contributed by atoms with Crippen LogP contribution >= 0.6 is 11.6 Å². The monoisotopic (exact) mass is 792 g/mol. The first-order valence-corrected chi connectivity index (χ1v) is 17.6. The smallest absolute Gasteiger partial charge is 0.296 e. The predicted octanol–water partition coefficient (Wildman–Crippen LogP) is 2.74. The molecule has 0 saturated carbocycles. The number of anilines is 4. The summed E-state index contributed by atoms with van der Waals surface area (Å²) >= 11 is 6.02.